The van der Waals surface area contributed by atoms with Crippen LogP contribution in [0.2, 0.25) is 0 Å². The van der Waals surface area contributed by atoms with Crippen LogP contribution in [0.4, 0.5) is 0 Å². The Morgan fingerprint density at radius 1 is 1.30 bits per heavy atom. The second-order valence-corrected chi connectivity index (χ2v) is 8.27. The molecule has 2 aromatic rings. The molecule has 1 atom stereocenters. The van der Waals surface area contributed by atoms with E-state index in [0.29, 0.717) is 10.8 Å². The minimum Gasteiger partial charge on any atom is -0.308 e. The first-order chi connectivity index (χ1) is 9.72. The van der Waals surface area contributed by atoms with Crippen LogP contribution in [-0.4, -0.2) is 17.5 Å². The number of thiophene rings is 1. The van der Waals surface area contributed by atoms with Gasteiger partial charge in [0.25, 0.3) is 0 Å². The normalized spacial score (nSPS) is 19.5. The second kappa shape index (κ2) is 6.08. The first kappa shape index (κ1) is 14.4. The summed E-state index contributed by atoms with van der Waals surface area (Å²) in [6.45, 7) is 3.44. The molecular weight excluding hydrogens is 282 g/mol. The molecule has 0 amide bonds. The first-order valence-electron chi connectivity index (χ1n) is 7.49. The molecule has 1 saturated carbocycles. The summed E-state index contributed by atoms with van der Waals surface area (Å²) < 4.78 is 1.89. The predicted molar refractivity (Wildman–Crippen MR) is 93.0 cm³/mol. The van der Waals surface area contributed by atoms with Gasteiger partial charge in [0.2, 0.25) is 0 Å². The molecule has 1 heterocycles. The Labute approximate surface area is 130 Å². The maximum atomic E-state index is 3.78. The number of rotatable bonds is 5. The van der Waals surface area contributed by atoms with E-state index in [-0.39, 0.29) is 0 Å². The fourth-order valence-electron chi connectivity index (χ4n) is 3.13. The summed E-state index contributed by atoms with van der Waals surface area (Å²) in [5, 5.41) is 5.16. The van der Waals surface area contributed by atoms with Crippen LogP contribution in [0.1, 0.15) is 43.5 Å². The van der Waals surface area contributed by atoms with Gasteiger partial charge in [-0.1, -0.05) is 31.0 Å². The van der Waals surface area contributed by atoms with E-state index < -0.39 is 0 Å². The summed E-state index contributed by atoms with van der Waals surface area (Å²) in [6.07, 6.45) is 7.83. The summed E-state index contributed by atoms with van der Waals surface area (Å²) in [5.41, 5.74) is 0. The maximum Gasteiger partial charge on any atom is 0.0386 e. The molecule has 1 nitrogen and oxygen atoms in total. The van der Waals surface area contributed by atoms with Gasteiger partial charge in [-0.15, -0.1) is 11.3 Å². The van der Waals surface area contributed by atoms with Crippen molar-refractivity contribution in [2.75, 3.05) is 12.8 Å². The monoisotopic (exact) mass is 305 g/mol. The molecule has 3 heteroatoms. The molecule has 20 heavy (non-hydrogen) atoms. The Morgan fingerprint density at radius 3 is 2.75 bits per heavy atom. The van der Waals surface area contributed by atoms with Gasteiger partial charge in [-0.25, -0.2) is 0 Å². The fourth-order valence-corrected chi connectivity index (χ4v) is 5.14. The summed E-state index contributed by atoms with van der Waals surface area (Å²) in [7, 11) is 0. The van der Waals surface area contributed by atoms with Crippen molar-refractivity contribution in [1.29, 1.82) is 0 Å². The lowest BCUT2D eigenvalue weighted by Gasteiger charge is -2.28. The van der Waals surface area contributed by atoms with Gasteiger partial charge in [-0.3, -0.25) is 0 Å². The summed E-state index contributed by atoms with van der Waals surface area (Å²) in [5.74, 6) is 0. The van der Waals surface area contributed by atoms with Gasteiger partial charge in [0.1, 0.15) is 0 Å². The highest BCUT2D eigenvalue weighted by Crippen LogP contribution is 2.40. The van der Waals surface area contributed by atoms with Crippen molar-refractivity contribution in [3.8, 4) is 0 Å². The Morgan fingerprint density at radius 2 is 2.05 bits per heavy atom. The molecule has 1 unspecified atom stereocenters. The molecule has 0 aliphatic heterocycles. The van der Waals surface area contributed by atoms with Crippen LogP contribution in [0.25, 0.3) is 10.1 Å². The zero-order valence-corrected chi connectivity index (χ0v) is 13.9. The highest BCUT2D eigenvalue weighted by atomic mass is 32.2. The molecule has 1 aromatic carbocycles. The van der Waals surface area contributed by atoms with E-state index in [2.05, 4.69) is 60.6 Å². The average molecular weight is 306 g/mol. The lowest BCUT2D eigenvalue weighted by Crippen LogP contribution is -2.36. The first-order valence-corrected chi connectivity index (χ1v) is 9.54. The van der Waals surface area contributed by atoms with Crippen molar-refractivity contribution in [3.63, 3.8) is 0 Å². The molecule has 3 rings (SSSR count). The van der Waals surface area contributed by atoms with Gasteiger partial charge in [-0.2, -0.15) is 11.8 Å². The topological polar surface area (TPSA) is 12.0 Å². The Hall–Kier alpha value is -0.510. The van der Waals surface area contributed by atoms with Crippen LogP contribution in [-0.2, 0) is 0 Å². The SMILES string of the molecule is CSC1(CNC(C)c2cc3ccccc3s2)CCCC1. The Kier molecular flexibility index (Phi) is 4.39. The minimum absolute atomic E-state index is 0.456. The third-order valence-corrected chi connectivity index (χ3v) is 7.27. The van der Waals surface area contributed by atoms with Crippen molar-refractivity contribution in [2.45, 2.75) is 43.4 Å². The van der Waals surface area contributed by atoms with Crippen molar-refractivity contribution < 1.29 is 0 Å². The average Bonchev–Trinajstić information content (AvgIpc) is 3.12. The summed E-state index contributed by atoms with van der Waals surface area (Å²) >= 11 is 3.99. The zero-order chi connectivity index (χ0) is 14.0. The minimum atomic E-state index is 0.456. The molecule has 0 bridgehead atoms. The molecule has 1 aliphatic carbocycles. The van der Waals surface area contributed by atoms with Gasteiger partial charge in [0.05, 0.1) is 0 Å². The van der Waals surface area contributed by atoms with E-state index in [1.165, 1.54) is 40.6 Å². The van der Waals surface area contributed by atoms with E-state index in [1.54, 1.807) is 0 Å². The number of hydrogen-bond acceptors (Lipinski definition) is 3. The number of benzene rings is 1. The molecule has 108 valence electrons. The lowest BCUT2D eigenvalue weighted by molar-refractivity contribution is 0.490. The van der Waals surface area contributed by atoms with Gasteiger partial charge in [-0.05, 0) is 43.5 Å². The standard InChI is InChI=1S/C17H23NS2/c1-13(18-12-17(19-2)9-5-6-10-17)16-11-14-7-3-4-8-15(14)20-16/h3-4,7-8,11,13,18H,5-6,9-10,12H2,1-2H3. The van der Waals surface area contributed by atoms with E-state index in [9.17, 15) is 0 Å². The van der Waals surface area contributed by atoms with Crippen LogP contribution < -0.4 is 5.32 Å². The smallest absolute Gasteiger partial charge is 0.0386 e. The van der Waals surface area contributed by atoms with Crippen molar-refractivity contribution in [3.05, 3.63) is 35.2 Å². The number of thioether (sulfide) groups is 1. The Bertz CT molecular complexity index is 536. The van der Waals surface area contributed by atoms with Gasteiger partial charge in [0, 0.05) is 26.9 Å². The van der Waals surface area contributed by atoms with Gasteiger partial charge >= 0.3 is 0 Å². The summed E-state index contributed by atoms with van der Waals surface area (Å²) in [6, 6.07) is 11.5. The molecule has 1 fully saturated rings. The predicted octanol–water partition coefficient (Wildman–Crippen LogP) is 5.23. The third-order valence-electron chi connectivity index (χ3n) is 4.55. The van der Waals surface area contributed by atoms with Gasteiger partial charge < -0.3 is 5.32 Å². The van der Waals surface area contributed by atoms with Crippen LogP contribution in [0.3, 0.4) is 0 Å². The maximum absolute atomic E-state index is 3.78. The van der Waals surface area contributed by atoms with E-state index >= 15 is 0 Å². The number of fused-ring (bicyclic) bond motifs is 1. The Balaban J connectivity index is 1.68. The van der Waals surface area contributed by atoms with Gasteiger partial charge in [0.15, 0.2) is 0 Å². The van der Waals surface area contributed by atoms with Crippen LogP contribution in [0.5, 0.6) is 0 Å². The van der Waals surface area contributed by atoms with Crippen LogP contribution >= 0.6 is 23.1 Å². The van der Waals surface area contributed by atoms with Crippen molar-refractivity contribution in [2.24, 2.45) is 0 Å². The van der Waals surface area contributed by atoms with Crippen LogP contribution in [0, 0.1) is 0 Å². The van der Waals surface area contributed by atoms with E-state index in [1.807, 2.05) is 11.3 Å². The van der Waals surface area contributed by atoms with Crippen LogP contribution in [0.15, 0.2) is 30.3 Å². The van der Waals surface area contributed by atoms with Crippen molar-refractivity contribution in [1.82, 2.24) is 5.32 Å². The molecule has 1 aliphatic rings. The highest BCUT2D eigenvalue weighted by Gasteiger charge is 2.33. The van der Waals surface area contributed by atoms with E-state index in [0.717, 1.165) is 6.54 Å². The zero-order valence-electron chi connectivity index (χ0n) is 12.3. The van der Waals surface area contributed by atoms with Crippen molar-refractivity contribution >= 4 is 33.2 Å². The molecular formula is C17H23NS2. The molecule has 0 radical (unpaired) electrons. The highest BCUT2D eigenvalue weighted by molar-refractivity contribution is 8.00. The largest absolute Gasteiger partial charge is 0.308 e. The fraction of sp³-hybridized carbons (Fsp3) is 0.529. The molecule has 0 saturated heterocycles. The van der Waals surface area contributed by atoms with E-state index in [4.69, 9.17) is 0 Å². The number of nitrogens with one attached hydrogen (secondary N) is 1. The lowest BCUT2D eigenvalue weighted by atomic mass is 10.1. The number of hydrogen-bond donors (Lipinski definition) is 1. The third kappa shape index (κ3) is 2.90. The molecule has 1 N–H and O–H groups in total. The molecule has 0 spiro atoms. The second-order valence-electron chi connectivity index (χ2n) is 5.88. The summed E-state index contributed by atoms with van der Waals surface area (Å²) in [4.78, 5) is 1.46. The quantitative estimate of drug-likeness (QED) is 0.812. The molecule has 1 aromatic heterocycles.